The third-order valence-corrected chi connectivity index (χ3v) is 2.76. The van der Waals surface area contributed by atoms with Crippen LogP contribution in [0.25, 0.3) is 0 Å². The van der Waals surface area contributed by atoms with Crippen LogP contribution in [0.15, 0.2) is 59.0 Å². The Labute approximate surface area is 97.3 Å². The lowest BCUT2D eigenvalue weighted by Crippen LogP contribution is -1.88. The zero-order valence-corrected chi connectivity index (χ0v) is 9.88. The highest BCUT2D eigenvalue weighted by Crippen LogP contribution is 2.13. The Morgan fingerprint density at radius 3 is 2.25 bits per heavy atom. The molecule has 2 rings (SSSR count). The first kappa shape index (κ1) is 10.8. The van der Waals surface area contributed by atoms with Gasteiger partial charge >= 0.3 is 0 Å². The van der Waals surface area contributed by atoms with Crippen molar-refractivity contribution in [2.75, 3.05) is 0 Å². The van der Waals surface area contributed by atoms with Gasteiger partial charge in [0.1, 0.15) is 0 Å². The predicted octanol–water partition coefficient (Wildman–Crippen LogP) is 4.12. The first-order valence-corrected chi connectivity index (χ1v) is 5.69. The molecular formula is C16H16. The summed E-state index contributed by atoms with van der Waals surface area (Å²) in [7, 11) is 0. The Morgan fingerprint density at radius 2 is 1.62 bits per heavy atom. The van der Waals surface area contributed by atoms with Crippen molar-refractivity contribution in [3.05, 3.63) is 70.2 Å². The van der Waals surface area contributed by atoms with Crippen molar-refractivity contribution < 1.29 is 0 Å². The normalized spacial score (nSPS) is 13.6. The summed E-state index contributed by atoms with van der Waals surface area (Å²) in [4.78, 5) is 0. The molecule has 0 heterocycles. The fourth-order valence-corrected chi connectivity index (χ4v) is 1.67. The maximum Gasteiger partial charge on any atom is 0.00275 e. The van der Waals surface area contributed by atoms with E-state index < -0.39 is 0 Å². The third-order valence-electron chi connectivity index (χ3n) is 2.76. The van der Waals surface area contributed by atoms with Crippen LogP contribution in [0.1, 0.15) is 24.5 Å². The molecule has 0 fully saturated rings. The third kappa shape index (κ3) is 2.87. The maximum absolute atomic E-state index is 3.19. The van der Waals surface area contributed by atoms with Gasteiger partial charge in [0.15, 0.2) is 0 Å². The highest BCUT2D eigenvalue weighted by molar-refractivity contribution is 5.32. The van der Waals surface area contributed by atoms with Crippen LogP contribution in [0.4, 0.5) is 0 Å². The Balaban J connectivity index is 2.01. The smallest absolute Gasteiger partial charge is 0.00275 e. The average Bonchev–Trinajstić information content (AvgIpc) is 2.30. The topological polar surface area (TPSA) is 0 Å². The second-order valence-electron chi connectivity index (χ2n) is 4.28. The van der Waals surface area contributed by atoms with Gasteiger partial charge in [-0.15, -0.1) is 0 Å². The minimum atomic E-state index is 1.04. The average molecular weight is 208 g/mol. The van der Waals surface area contributed by atoms with E-state index in [-0.39, 0.29) is 0 Å². The zero-order chi connectivity index (χ0) is 11.4. The number of benzene rings is 1. The van der Waals surface area contributed by atoms with Gasteiger partial charge in [-0.1, -0.05) is 47.4 Å². The Hall–Kier alpha value is -1.74. The van der Waals surface area contributed by atoms with Crippen molar-refractivity contribution >= 4 is 0 Å². The highest BCUT2D eigenvalue weighted by atomic mass is 14.0. The van der Waals surface area contributed by atoms with E-state index in [9.17, 15) is 0 Å². The summed E-state index contributed by atoms with van der Waals surface area (Å²) in [6, 6.07) is 8.74. The minimum Gasteiger partial charge on any atom is -0.0667 e. The molecule has 1 aromatic rings. The Kier molecular flexibility index (Phi) is 3.27. The Morgan fingerprint density at radius 1 is 0.875 bits per heavy atom. The summed E-state index contributed by atoms with van der Waals surface area (Å²) in [6.45, 7) is 4.16. The quantitative estimate of drug-likeness (QED) is 0.655. The van der Waals surface area contributed by atoms with E-state index in [0.717, 1.165) is 18.4 Å². The van der Waals surface area contributed by atoms with Crippen LogP contribution in [0.3, 0.4) is 0 Å². The fourth-order valence-electron chi connectivity index (χ4n) is 1.67. The molecule has 1 aliphatic rings. The molecule has 0 spiro atoms. The van der Waals surface area contributed by atoms with Crippen LogP contribution in [-0.4, -0.2) is 0 Å². The molecule has 1 aromatic carbocycles. The van der Waals surface area contributed by atoms with E-state index in [1.54, 1.807) is 0 Å². The number of allylic oxidation sites excluding steroid dienone is 4. The van der Waals surface area contributed by atoms with E-state index in [1.165, 1.54) is 16.7 Å². The highest BCUT2D eigenvalue weighted by Gasteiger charge is 1.97. The molecule has 0 heteroatoms. The molecule has 0 saturated carbocycles. The lowest BCUT2D eigenvalue weighted by Gasteiger charge is -2.02. The van der Waals surface area contributed by atoms with Gasteiger partial charge in [0.2, 0.25) is 0 Å². The van der Waals surface area contributed by atoms with Crippen molar-refractivity contribution in [1.29, 1.82) is 0 Å². The van der Waals surface area contributed by atoms with E-state index in [2.05, 4.69) is 54.8 Å². The van der Waals surface area contributed by atoms with Crippen molar-refractivity contribution in [1.82, 2.24) is 0 Å². The second kappa shape index (κ2) is 4.86. The summed E-state index contributed by atoms with van der Waals surface area (Å²) in [5, 5.41) is 0. The summed E-state index contributed by atoms with van der Waals surface area (Å²) in [6.07, 6.45) is 6.36. The van der Waals surface area contributed by atoms with Crippen molar-refractivity contribution in [2.45, 2.75) is 26.7 Å². The number of hydrogen-bond donors (Lipinski definition) is 0. The number of hydrogen-bond acceptors (Lipinski definition) is 0. The molecule has 0 radical (unpaired) electrons. The van der Waals surface area contributed by atoms with Crippen LogP contribution in [0, 0.1) is 6.92 Å². The molecule has 0 aromatic heterocycles. The molecule has 1 aliphatic carbocycles. The standard InChI is InChI=1S/C16H16/c1-13-3-7-15(8-4-13)11-12-16-9-5-14(2)6-10-16/h3-5,7-9H,11-12H2,1-2H3. The van der Waals surface area contributed by atoms with E-state index in [1.807, 2.05) is 6.92 Å². The van der Waals surface area contributed by atoms with E-state index >= 15 is 0 Å². The Bertz CT molecular complexity index is 499. The molecule has 0 N–H and O–H groups in total. The lowest BCUT2D eigenvalue weighted by atomic mass is 10.0. The lowest BCUT2D eigenvalue weighted by molar-refractivity contribution is 0.965. The molecule has 0 aliphatic heterocycles. The molecule has 16 heavy (non-hydrogen) atoms. The van der Waals surface area contributed by atoms with Crippen molar-refractivity contribution in [3.63, 3.8) is 0 Å². The monoisotopic (exact) mass is 208 g/mol. The van der Waals surface area contributed by atoms with Gasteiger partial charge in [-0.2, -0.15) is 0 Å². The largest absolute Gasteiger partial charge is 0.0667 e. The predicted molar refractivity (Wildman–Crippen MR) is 68.4 cm³/mol. The van der Waals surface area contributed by atoms with Crippen LogP contribution < -0.4 is 0 Å². The van der Waals surface area contributed by atoms with Crippen LogP contribution >= 0.6 is 0 Å². The zero-order valence-electron chi connectivity index (χ0n) is 9.88. The minimum absolute atomic E-state index is 1.04. The van der Waals surface area contributed by atoms with Gasteiger partial charge in [0.05, 0.1) is 0 Å². The fraction of sp³-hybridized carbons (Fsp3) is 0.250. The van der Waals surface area contributed by atoms with Crippen molar-refractivity contribution in [2.24, 2.45) is 0 Å². The molecule has 0 amide bonds. The van der Waals surface area contributed by atoms with Crippen molar-refractivity contribution in [3.8, 4) is 0 Å². The first-order chi connectivity index (χ1) is 7.74. The number of rotatable bonds is 3. The van der Waals surface area contributed by atoms with Gasteiger partial charge in [-0.25, -0.2) is 0 Å². The molecular weight excluding hydrogens is 192 g/mol. The SMILES string of the molecule is CC1=C=C=C(CCc2ccc(C)cc2)C=C1. The van der Waals surface area contributed by atoms with Gasteiger partial charge in [0, 0.05) is 5.57 Å². The molecule has 0 atom stereocenters. The molecule has 0 nitrogen and oxygen atoms in total. The summed E-state index contributed by atoms with van der Waals surface area (Å²) < 4.78 is 0. The van der Waals surface area contributed by atoms with Crippen LogP contribution in [-0.2, 0) is 6.42 Å². The molecule has 80 valence electrons. The summed E-state index contributed by atoms with van der Waals surface area (Å²) in [5.41, 5.74) is 11.4. The second-order valence-corrected chi connectivity index (χ2v) is 4.28. The number of aryl methyl sites for hydroxylation is 2. The van der Waals surface area contributed by atoms with Gasteiger partial charge in [-0.3, -0.25) is 0 Å². The molecule has 0 saturated heterocycles. The first-order valence-electron chi connectivity index (χ1n) is 5.69. The molecule has 0 unspecified atom stereocenters. The van der Waals surface area contributed by atoms with Gasteiger partial charge < -0.3 is 0 Å². The molecule has 0 bridgehead atoms. The van der Waals surface area contributed by atoms with Crippen LogP contribution in [0.2, 0.25) is 0 Å². The van der Waals surface area contributed by atoms with Crippen LogP contribution in [0.5, 0.6) is 0 Å². The van der Waals surface area contributed by atoms with Gasteiger partial charge in [-0.05, 0) is 43.9 Å². The maximum atomic E-state index is 3.19. The summed E-state index contributed by atoms with van der Waals surface area (Å²) in [5.74, 6) is 0. The van der Waals surface area contributed by atoms with E-state index in [4.69, 9.17) is 0 Å². The van der Waals surface area contributed by atoms with E-state index in [0.29, 0.717) is 0 Å². The summed E-state index contributed by atoms with van der Waals surface area (Å²) >= 11 is 0. The van der Waals surface area contributed by atoms with Gasteiger partial charge in [0.25, 0.3) is 0 Å².